The Morgan fingerprint density at radius 3 is 2.75 bits per heavy atom. The van der Waals surface area contributed by atoms with Crippen LogP contribution in [-0.2, 0) is 16.4 Å². The first-order chi connectivity index (χ1) is 9.53. The number of nitrogens with one attached hydrogen (secondary N) is 1. The summed E-state index contributed by atoms with van der Waals surface area (Å²) in [6, 6.07) is 10.9. The topological polar surface area (TPSA) is 49.4 Å². The highest BCUT2D eigenvalue weighted by Crippen LogP contribution is 2.13. The second-order valence-electron chi connectivity index (χ2n) is 5.64. The van der Waals surface area contributed by atoms with Gasteiger partial charge < -0.3 is 5.32 Å². The molecule has 1 saturated heterocycles. The van der Waals surface area contributed by atoms with Crippen molar-refractivity contribution >= 4 is 9.84 Å². The lowest BCUT2D eigenvalue weighted by Gasteiger charge is -2.33. The summed E-state index contributed by atoms with van der Waals surface area (Å²) in [5, 5.41) is 3.37. The van der Waals surface area contributed by atoms with E-state index in [2.05, 4.69) is 34.5 Å². The second kappa shape index (κ2) is 7.20. The summed E-state index contributed by atoms with van der Waals surface area (Å²) in [7, 11) is -2.86. The molecule has 0 aromatic heterocycles. The lowest BCUT2D eigenvalue weighted by Crippen LogP contribution is -2.46. The van der Waals surface area contributed by atoms with E-state index in [4.69, 9.17) is 0 Å². The molecule has 0 radical (unpaired) electrons. The standard InChI is InChI=1S/C15H24N2O2S/c1-20(18,19)11-9-16-15-8-5-10-17(13-15)12-14-6-3-2-4-7-14/h2-4,6-7,15-16H,5,8-13H2,1H3. The Balaban J connectivity index is 1.77. The highest BCUT2D eigenvalue weighted by molar-refractivity contribution is 7.90. The molecule has 1 N–H and O–H groups in total. The van der Waals surface area contributed by atoms with E-state index >= 15 is 0 Å². The van der Waals surface area contributed by atoms with E-state index in [1.165, 1.54) is 18.2 Å². The maximum atomic E-state index is 11.1. The molecule has 0 aliphatic carbocycles. The minimum atomic E-state index is -2.86. The molecular formula is C15H24N2O2S. The summed E-state index contributed by atoms with van der Waals surface area (Å²) in [6.07, 6.45) is 3.59. The van der Waals surface area contributed by atoms with Crippen LogP contribution in [0.4, 0.5) is 0 Å². The zero-order valence-electron chi connectivity index (χ0n) is 12.1. The number of hydrogen-bond acceptors (Lipinski definition) is 4. The minimum absolute atomic E-state index is 0.224. The van der Waals surface area contributed by atoms with Crippen LogP contribution in [0, 0.1) is 0 Å². The molecule has 1 unspecified atom stereocenters. The zero-order chi connectivity index (χ0) is 14.4. The SMILES string of the molecule is CS(=O)(=O)CCNC1CCCN(Cc2ccccc2)C1. The monoisotopic (exact) mass is 296 g/mol. The van der Waals surface area contributed by atoms with E-state index < -0.39 is 9.84 Å². The van der Waals surface area contributed by atoms with Gasteiger partial charge in [0.1, 0.15) is 9.84 Å². The fraction of sp³-hybridized carbons (Fsp3) is 0.600. The molecule has 1 aromatic rings. The summed E-state index contributed by atoms with van der Waals surface area (Å²) < 4.78 is 22.3. The van der Waals surface area contributed by atoms with E-state index in [-0.39, 0.29) is 5.75 Å². The number of nitrogens with zero attached hydrogens (tertiary/aromatic N) is 1. The van der Waals surface area contributed by atoms with Gasteiger partial charge in [0, 0.05) is 31.9 Å². The first-order valence-corrected chi connectivity index (χ1v) is 9.26. The van der Waals surface area contributed by atoms with E-state index in [0.29, 0.717) is 12.6 Å². The molecule has 0 amide bonds. The first-order valence-electron chi connectivity index (χ1n) is 7.20. The van der Waals surface area contributed by atoms with Crippen LogP contribution >= 0.6 is 0 Å². The number of sulfone groups is 1. The highest BCUT2D eigenvalue weighted by Gasteiger charge is 2.19. The Labute approximate surface area is 122 Å². The van der Waals surface area contributed by atoms with Crippen LogP contribution in [0.2, 0.25) is 0 Å². The Kier molecular flexibility index (Phi) is 5.57. The number of benzene rings is 1. The molecule has 1 aliphatic heterocycles. The van der Waals surface area contributed by atoms with Gasteiger partial charge in [-0.05, 0) is 24.9 Å². The normalized spacial score (nSPS) is 20.9. The number of likely N-dealkylation sites (tertiary alicyclic amines) is 1. The molecule has 1 heterocycles. The van der Waals surface area contributed by atoms with Gasteiger partial charge in [-0.1, -0.05) is 30.3 Å². The van der Waals surface area contributed by atoms with Crippen molar-refractivity contribution in [1.29, 1.82) is 0 Å². The van der Waals surface area contributed by atoms with E-state index in [1.54, 1.807) is 0 Å². The van der Waals surface area contributed by atoms with E-state index in [1.807, 2.05) is 6.07 Å². The Bertz CT molecular complexity index is 502. The fourth-order valence-corrected chi connectivity index (χ4v) is 3.14. The molecule has 1 fully saturated rings. The quantitative estimate of drug-likeness (QED) is 0.859. The second-order valence-corrected chi connectivity index (χ2v) is 7.90. The van der Waals surface area contributed by atoms with Crippen LogP contribution in [-0.4, -0.2) is 51.0 Å². The van der Waals surface area contributed by atoms with E-state index in [9.17, 15) is 8.42 Å². The molecule has 112 valence electrons. The molecule has 1 aliphatic rings. The number of rotatable bonds is 6. The third-order valence-corrected chi connectivity index (χ3v) is 4.61. The first kappa shape index (κ1) is 15.5. The molecular weight excluding hydrogens is 272 g/mol. The Hall–Kier alpha value is -0.910. The smallest absolute Gasteiger partial charge is 0.148 e. The fourth-order valence-electron chi connectivity index (χ4n) is 2.66. The zero-order valence-corrected chi connectivity index (χ0v) is 12.9. The molecule has 20 heavy (non-hydrogen) atoms. The predicted molar refractivity (Wildman–Crippen MR) is 82.5 cm³/mol. The number of piperidine rings is 1. The van der Waals surface area contributed by atoms with Crippen LogP contribution in [0.15, 0.2) is 30.3 Å². The van der Waals surface area contributed by atoms with Gasteiger partial charge >= 0.3 is 0 Å². The van der Waals surface area contributed by atoms with Crippen molar-refractivity contribution in [1.82, 2.24) is 10.2 Å². The highest BCUT2D eigenvalue weighted by atomic mass is 32.2. The van der Waals surface area contributed by atoms with Gasteiger partial charge in [-0.3, -0.25) is 4.90 Å². The van der Waals surface area contributed by atoms with Crippen molar-refractivity contribution in [2.75, 3.05) is 31.6 Å². The van der Waals surface area contributed by atoms with Crippen molar-refractivity contribution in [3.63, 3.8) is 0 Å². The predicted octanol–water partition coefficient (Wildman–Crippen LogP) is 1.29. The molecule has 5 heteroatoms. The largest absolute Gasteiger partial charge is 0.312 e. The van der Waals surface area contributed by atoms with Crippen molar-refractivity contribution < 1.29 is 8.42 Å². The summed E-state index contributed by atoms with van der Waals surface area (Å²) >= 11 is 0. The molecule has 2 rings (SSSR count). The lowest BCUT2D eigenvalue weighted by atomic mass is 10.0. The minimum Gasteiger partial charge on any atom is -0.312 e. The maximum absolute atomic E-state index is 11.1. The van der Waals surface area contributed by atoms with Crippen LogP contribution in [0.3, 0.4) is 0 Å². The van der Waals surface area contributed by atoms with Gasteiger partial charge in [0.05, 0.1) is 5.75 Å². The average molecular weight is 296 g/mol. The summed E-state index contributed by atoms with van der Waals surface area (Å²) in [6.45, 7) is 3.66. The van der Waals surface area contributed by atoms with Crippen LogP contribution < -0.4 is 5.32 Å². The third-order valence-electron chi connectivity index (χ3n) is 3.66. The van der Waals surface area contributed by atoms with Gasteiger partial charge in [-0.2, -0.15) is 0 Å². The van der Waals surface area contributed by atoms with Gasteiger partial charge in [0.2, 0.25) is 0 Å². The van der Waals surface area contributed by atoms with Gasteiger partial charge in [-0.15, -0.1) is 0 Å². The summed E-state index contributed by atoms with van der Waals surface area (Å²) in [4.78, 5) is 2.44. The molecule has 1 aromatic carbocycles. The maximum Gasteiger partial charge on any atom is 0.148 e. The third kappa shape index (κ3) is 5.61. The average Bonchev–Trinajstić information content (AvgIpc) is 2.39. The van der Waals surface area contributed by atoms with Crippen molar-refractivity contribution in [2.24, 2.45) is 0 Å². The van der Waals surface area contributed by atoms with Crippen molar-refractivity contribution in [3.8, 4) is 0 Å². The Morgan fingerprint density at radius 1 is 1.30 bits per heavy atom. The van der Waals surface area contributed by atoms with Gasteiger partial charge in [0.15, 0.2) is 0 Å². The van der Waals surface area contributed by atoms with Gasteiger partial charge in [0.25, 0.3) is 0 Å². The molecule has 4 nitrogen and oxygen atoms in total. The van der Waals surface area contributed by atoms with Crippen LogP contribution in [0.5, 0.6) is 0 Å². The van der Waals surface area contributed by atoms with Crippen molar-refractivity contribution in [2.45, 2.75) is 25.4 Å². The summed E-state index contributed by atoms with van der Waals surface area (Å²) in [5.41, 5.74) is 1.34. The van der Waals surface area contributed by atoms with Crippen LogP contribution in [0.1, 0.15) is 18.4 Å². The van der Waals surface area contributed by atoms with Gasteiger partial charge in [-0.25, -0.2) is 8.42 Å². The summed E-state index contributed by atoms with van der Waals surface area (Å²) in [5.74, 6) is 0.224. The molecule has 1 atom stereocenters. The number of hydrogen-bond donors (Lipinski definition) is 1. The Morgan fingerprint density at radius 2 is 2.05 bits per heavy atom. The lowest BCUT2D eigenvalue weighted by molar-refractivity contribution is 0.185. The van der Waals surface area contributed by atoms with Crippen LogP contribution in [0.25, 0.3) is 0 Å². The van der Waals surface area contributed by atoms with Crippen molar-refractivity contribution in [3.05, 3.63) is 35.9 Å². The van der Waals surface area contributed by atoms with E-state index in [0.717, 1.165) is 26.1 Å². The molecule has 0 bridgehead atoms. The molecule has 0 saturated carbocycles. The molecule has 0 spiro atoms.